The summed E-state index contributed by atoms with van der Waals surface area (Å²) < 4.78 is 12.9. The molecule has 0 unspecified atom stereocenters. The summed E-state index contributed by atoms with van der Waals surface area (Å²) in [5.74, 6) is 1.49. The van der Waals surface area contributed by atoms with Crippen LogP contribution in [0.5, 0.6) is 5.75 Å². The van der Waals surface area contributed by atoms with Crippen LogP contribution in [0.4, 0.5) is 0 Å². The maximum absolute atomic E-state index is 12.8. The van der Waals surface area contributed by atoms with E-state index in [4.69, 9.17) is 9.15 Å². The van der Waals surface area contributed by atoms with Gasteiger partial charge in [0.05, 0.1) is 12.7 Å². The molecule has 4 heteroatoms. The van der Waals surface area contributed by atoms with Crippen molar-refractivity contribution in [3.63, 3.8) is 0 Å². The van der Waals surface area contributed by atoms with Crippen LogP contribution in [-0.4, -0.2) is 11.7 Å². The Morgan fingerprint density at radius 1 is 0.960 bits per heavy atom. The van der Waals surface area contributed by atoms with Gasteiger partial charge in [0.25, 0.3) is 5.56 Å². The Balaban J connectivity index is 1.97. The van der Waals surface area contributed by atoms with E-state index in [-0.39, 0.29) is 5.56 Å². The van der Waals surface area contributed by atoms with Gasteiger partial charge in [-0.25, -0.2) is 0 Å². The zero-order chi connectivity index (χ0) is 17.4. The zero-order valence-electron chi connectivity index (χ0n) is 14.0. The van der Waals surface area contributed by atoms with Crippen molar-refractivity contribution >= 4 is 11.0 Å². The molecule has 0 saturated heterocycles. The minimum Gasteiger partial charge on any atom is -0.497 e. The van der Waals surface area contributed by atoms with Crippen molar-refractivity contribution in [2.75, 3.05) is 7.11 Å². The number of ether oxygens (including phenoxy) is 1. The van der Waals surface area contributed by atoms with Crippen LogP contribution in [0, 0.1) is 0 Å². The van der Waals surface area contributed by atoms with Gasteiger partial charge in [0.1, 0.15) is 17.1 Å². The maximum atomic E-state index is 12.8. The zero-order valence-corrected chi connectivity index (χ0v) is 14.0. The maximum Gasteiger partial charge on any atom is 0.261 e. The van der Waals surface area contributed by atoms with Gasteiger partial charge in [0.15, 0.2) is 0 Å². The van der Waals surface area contributed by atoms with Crippen LogP contribution in [0.3, 0.4) is 0 Å². The number of benzene rings is 2. The SMILES string of the molecule is COc1ccc(-c2c(=O)n(C)cc3cc(-c4ccccc4)oc23)cc1. The highest BCUT2D eigenvalue weighted by molar-refractivity contribution is 5.94. The van der Waals surface area contributed by atoms with Crippen LogP contribution in [0.15, 0.2) is 76.1 Å². The predicted octanol–water partition coefficient (Wildman–Crippen LogP) is 4.47. The van der Waals surface area contributed by atoms with Gasteiger partial charge < -0.3 is 13.7 Å². The summed E-state index contributed by atoms with van der Waals surface area (Å²) in [7, 11) is 3.37. The molecule has 2 heterocycles. The van der Waals surface area contributed by atoms with Crippen LogP contribution in [-0.2, 0) is 7.05 Å². The summed E-state index contributed by atoms with van der Waals surface area (Å²) in [6.45, 7) is 0. The van der Waals surface area contributed by atoms with Gasteiger partial charge in [-0.1, -0.05) is 42.5 Å². The van der Waals surface area contributed by atoms with E-state index in [9.17, 15) is 4.79 Å². The first-order valence-corrected chi connectivity index (χ1v) is 8.00. The summed E-state index contributed by atoms with van der Waals surface area (Å²) in [5.41, 5.74) is 2.86. The lowest BCUT2D eigenvalue weighted by Gasteiger charge is -2.06. The molecule has 2 aromatic carbocycles. The van der Waals surface area contributed by atoms with Gasteiger partial charge in [0, 0.05) is 24.2 Å². The molecule has 0 aliphatic carbocycles. The molecule has 0 radical (unpaired) electrons. The number of furan rings is 1. The highest BCUT2D eigenvalue weighted by Gasteiger charge is 2.16. The van der Waals surface area contributed by atoms with Gasteiger partial charge in [-0.2, -0.15) is 0 Å². The highest BCUT2D eigenvalue weighted by Crippen LogP contribution is 2.33. The third-order valence-electron chi connectivity index (χ3n) is 4.29. The molecular weight excluding hydrogens is 314 g/mol. The molecule has 4 rings (SSSR count). The summed E-state index contributed by atoms with van der Waals surface area (Å²) >= 11 is 0. The van der Waals surface area contributed by atoms with Gasteiger partial charge in [-0.05, 0) is 23.8 Å². The number of rotatable bonds is 3. The Morgan fingerprint density at radius 3 is 2.36 bits per heavy atom. The van der Waals surface area contributed by atoms with Gasteiger partial charge in [0.2, 0.25) is 0 Å². The molecule has 0 aliphatic heterocycles. The molecule has 0 N–H and O–H groups in total. The molecule has 0 aliphatic rings. The second-order valence-corrected chi connectivity index (χ2v) is 5.91. The minimum atomic E-state index is -0.0911. The number of pyridine rings is 1. The van der Waals surface area contributed by atoms with Crippen molar-refractivity contribution in [1.82, 2.24) is 4.57 Å². The van der Waals surface area contributed by atoms with Crippen LogP contribution in [0.1, 0.15) is 0 Å². The smallest absolute Gasteiger partial charge is 0.261 e. The number of aromatic nitrogens is 1. The predicted molar refractivity (Wildman–Crippen MR) is 98.9 cm³/mol. The normalized spacial score (nSPS) is 11.0. The fraction of sp³-hybridized carbons (Fsp3) is 0.0952. The molecule has 4 nitrogen and oxygen atoms in total. The first kappa shape index (κ1) is 15.3. The van der Waals surface area contributed by atoms with Crippen LogP contribution >= 0.6 is 0 Å². The Bertz CT molecular complexity index is 1090. The lowest BCUT2D eigenvalue weighted by Crippen LogP contribution is -2.17. The standard InChI is InChI=1S/C21H17NO3/c1-22-13-16-12-18(14-6-4-3-5-7-14)25-20(16)19(21(22)23)15-8-10-17(24-2)11-9-15/h3-13H,1-2H3. The van der Waals surface area contributed by atoms with Crippen molar-refractivity contribution in [2.45, 2.75) is 0 Å². The Labute approximate surface area is 144 Å². The number of fused-ring (bicyclic) bond motifs is 1. The van der Waals surface area contributed by atoms with E-state index in [0.29, 0.717) is 11.1 Å². The fourth-order valence-corrected chi connectivity index (χ4v) is 2.99. The Morgan fingerprint density at radius 2 is 1.68 bits per heavy atom. The van der Waals surface area contributed by atoms with Crippen molar-refractivity contribution < 1.29 is 9.15 Å². The fourth-order valence-electron chi connectivity index (χ4n) is 2.99. The largest absolute Gasteiger partial charge is 0.497 e. The van der Waals surface area contributed by atoms with E-state index in [0.717, 1.165) is 28.0 Å². The van der Waals surface area contributed by atoms with E-state index in [1.165, 1.54) is 0 Å². The molecule has 25 heavy (non-hydrogen) atoms. The number of hydrogen-bond acceptors (Lipinski definition) is 3. The lowest BCUT2D eigenvalue weighted by atomic mass is 10.1. The first-order chi connectivity index (χ1) is 12.2. The molecule has 0 fully saturated rings. The van der Waals surface area contributed by atoms with Crippen molar-refractivity contribution in [1.29, 1.82) is 0 Å². The number of nitrogens with zero attached hydrogens (tertiary/aromatic N) is 1. The van der Waals surface area contributed by atoms with Crippen molar-refractivity contribution in [3.05, 3.63) is 77.2 Å². The summed E-state index contributed by atoms with van der Waals surface area (Å²) in [5, 5.41) is 0.895. The molecule has 124 valence electrons. The van der Waals surface area contributed by atoms with E-state index in [1.54, 1.807) is 24.9 Å². The number of methoxy groups -OCH3 is 1. The van der Waals surface area contributed by atoms with E-state index in [1.807, 2.05) is 60.7 Å². The van der Waals surface area contributed by atoms with Crippen LogP contribution in [0.25, 0.3) is 33.4 Å². The van der Waals surface area contributed by atoms with Crippen LogP contribution in [0.2, 0.25) is 0 Å². The number of hydrogen-bond donors (Lipinski definition) is 0. The minimum absolute atomic E-state index is 0.0911. The summed E-state index contributed by atoms with van der Waals surface area (Å²) in [4.78, 5) is 12.8. The molecule has 0 bridgehead atoms. The average molecular weight is 331 g/mol. The molecule has 0 amide bonds. The third kappa shape index (κ3) is 2.62. The molecule has 0 spiro atoms. The molecule has 0 saturated carbocycles. The van der Waals surface area contributed by atoms with Crippen molar-refractivity contribution in [2.24, 2.45) is 7.05 Å². The molecule has 4 aromatic rings. The summed E-state index contributed by atoms with van der Waals surface area (Å²) in [6.07, 6.45) is 1.81. The Hall–Kier alpha value is -3.27. The van der Waals surface area contributed by atoms with Gasteiger partial charge in [-0.3, -0.25) is 4.79 Å². The molecular formula is C21H17NO3. The summed E-state index contributed by atoms with van der Waals surface area (Å²) in [6, 6.07) is 19.3. The highest BCUT2D eigenvalue weighted by atomic mass is 16.5. The monoisotopic (exact) mass is 331 g/mol. The van der Waals surface area contributed by atoms with Gasteiger partial charge >= 0.3 is 0 Å². The van der Waals surface area contributed by atoms with E-state index >= 15 is 0 Å². The number of aryl methyl sites for hydroxylation is 1. The van der Waals surface area contributed by atoms with Crippen molar-refractivity contribution in [3.8, 4) is 28.2 Å². The second kappa shape index (κ2) is 5.98. The first-order valence-electron chi connectivity index (χ1n) is 8.00. The second-order valence-electron chi connectivity index (χ2n) is 5.91. The molecule has 0 atom stereocenters. The average Bonchev–Trinajstić information content (AvgIpc) is 3.07. The third-order valence-corrected chi connectivity index (χ3v) is 4.29. The Kier molecular flexibility index (Phi) is 3.65. The van der Waals surface area contributed by atoms with Crippen LogP contribution < -0.4 is 10.3 Å². The quantitative estimate of drug-likeness (QED) is 0.556. The van der Waals surface area contributed by atoms with Gasteiger partial charge in [-0.15, -0.1) is 0 Å². The van der Waals surface area contributed by atoms with E-state index in [2.05, 4.69) is 0 Å². The topological polar surface area (TPSA) is 44.4 Å². The van der Waals surface area contributed by atoms with E-state index < -0.39 is 0 Å². The molecule has 2 aromatic heterocycles. The lowest BCUT2D eigenvalue weighted by molar-refractivity contribution is 0.415.